The van der Waals surface area contributed by atoms with Gasteiger partial charge in [-0.1, -0.05) is 41.1 Å². The van der Waals surface area contributed by atoms with Gasteiger partial charge in [0.15, 0.2) is 0 Å². The smallest absolute Gasteiger partial charge is 0.221 e. The number of nitrogens with one attached hydrogen (secondary N) is 2. The highest BCUT2D eigenvalue weighted by Gasteiger charge is 2.13. The van der Waals surface area contributed by atoms with E-state index < -0.39 is 0 Å². The van der Waals surface area contributed by atoms with E-state index >= 15 is 0 Å². The van der Waals surface area contributed by atoms with E-state index in [0.717, 1.165) is 22.6 Å². The minimum atomic E-state index is -0.112. The van der Waals surface area contributed by atoms with E-state index in [-0.39, 0.29) is 5.91 Å². The topological polar surface area (TPSA) is 71.8 Å². The van der Waals surface area contributed by atoms with Crippen molar-refractivity contribution in [1.82, 2.24) is 15.0 Å². The van der Waals surface area contributed by atoms with Gasteiger partial charge in [0, 0.05) is 18.3 Å². The fourth-order valence-electron chi connectivity index (χ4n) is 2.67. The van der Waals surface area contributed by atoms with Gasteiger partial charge < -0.3 is 10.6 Å². The van der Waals surface area contributed by atoms with Crippen molar-refractivity contribution in [3.05, 3.63) is 76.0 Å². The van der Waals surface area contributed by atoms with Crippen LogP contribution < -0.4 is 10.6 Å². The molecule has 8 heteroatoms. The molecular formula is C20H19Cl2N5O. The van der Waals surface area contributed by atoms with Crippen LogP contribution in [0.3, 0.4) is 0 Å². The molecule has 0 atom stereocenters. The highest BCUT2D eigenvalue weighted by Crippen LogP contribution is 2.24. The third-order valence-electron chi connectivity index (χ3n) is 4.09. The van der Waals surface area contributed by atoms with Crippen LogP contribution in [0.5, 0.6) is 0 Å². The molecule has 0 saturated carbocycles. The lowest BCUT2D eigenvalue weighted by atomic mass is 10.2. The first-order chi connectivity index (χ1) is 13.3. The summed E-state index contributed by atoms with van der Waals surface area (Å²) < 4.78 is 1.78. The van der Waals surface area contributed by atoms with Crippen LogP contribution in [0.1, 0.15) is 23.9 Å². The average Bonchev–Trinajstić information content (AvgIpc) is 3.00. The van der Waals surface area contributed by atoms with Gasteiger partial charge in [0.1, 0.15) is 5.69 Å². The molecule has 1 aromatic heterocycles. The second kappa shape index (κ2) is 8.46. The molecular weight excluding hydrogens is 397 g/mol. The fraction of sp³-hybridized carbons (Fsp3) is 0.150. The molecule has 2 N–H and O–H groups in total. The Hall–Kier alpha value is -2.83. The quantitative estimate of drug-likeness (QED) is 0.595. The van der Waals surface area contributed by atoms with Gasteiger partial charge in [-0.05, 0) is 48.9 Å². The van der Waals surface area contributed by atoms with Gasteiger partial charge in [-0.15, -0.1) is 5.10 Å². The molecule has 144 valence electrons. The summed E-state index contributed by atoms with van der Waals surface area (Å²) in [6.45, 7) is 7.99. The van der Waals surface area contributed by atoms with Crippen LogP contribution in [0, 0.1) is 6.92 Å². The molecule has 6 nitrogen and oxygen atoms in total. The largest absolute Gasteiger partial charge is 0.354 e. The minimum Gasteiger partial charge on any atom is -0.354 e. The van der Waals surface area contributed by atoms with Crippen LogP contribution in [-0.4, -0.2) is 20.9 Å². The van der Waals surface area contributed by atoms with Crippen LogP contribution >= 0.6 is 23.2 Å². The zero-order chi connectivity index (χ0) is 20.3. The molecule has 0 radical (unpaired) electrons. The number of aromatic nitrogens is 3. The summed E-state index contributed by atoms with van der Waals surface area (Å²) in [6, 6.07) is 12.8. The molecule has 0 unspecified atom stereocenters. The molecule has 0 bridgehead atoms. The SMILES string of the molecule is C=C(Nc1ccc(NC(C)=O)cc1)c1nnn(Cc2ccc(Cl)c(Cl)c2)c1C. The Morgan fingerprint density at radius 2 is 1.71 bits per heavy atom. The number of nitrogens with zero attached hydrogens (tertiary/aromatic N) is 3. The Kier molecular flexibility index (Phi) is 6.02. The van der Waals surface area contributed by atoms with E-state index in [4.69, 9.17) is 23.2 Å². The van der Waals surface area contributed by atoms with E-state index in [2.05, 4.69) is 27.5 Å². The number of benzene rings is 2. The molecule has 1 amide bonds. The summed E-state index contributed by atoms with van der Waals surface area (Å²) in [4.78, 5) is 11.1. The van der Waals surface area contributed by atoms with Crippen LogP contribution in [-0.2, 0) is 11.3 Å². The van der Waals surface area contributed by atoms with Crippen LogP contribution in [0.15, 0.2) is 49.0 Å². The lowest BCUT2D eigenvalue weighted by Crippen LogP contribution is -2.06. The number of carbonyl (C=O) groups is 1. The van der Waals surface area contributed by atoms with Crippen molar-refractivity contribution >= 4 is 46.2 Å². The number of halogens is 2. The average molecular weight is 416 g/mol. The number of anilines is 2. The molecule has 2 aromatic carbocycles. The van der Waals surface area contributed by atoms with Crippen molar-refractivity contribution < 1.29 is 4.79 Å². The number of rotatable bonds is 6. The Morgan fingerprint density at radius 1 is 1.07 bits per heavy atom. The van der Waals surface area contributed by atoms with Crippen molar-refractivity contribution in [2.24, 2.45) is 0 Å². The summed E-state index contributed by atoms with van der Waals surface area (Å²) in [5.41, 5.74) is 4.71. The first-order valence-electron chi connectivity index (χ1n) is 8.51. The van der Waals surface area contributed by atoms with E-state index in [1.54, 1.807) is 10.7 Å². The van der Waals surface area contributed by atoms with Gasteiger partial charge in [-0.3, -0.25) is 4.79 Å². The summed E-state index contributed by atoms with van der Waals surface area (Å²) in [7, 11) is 0. The highest BCUT2D eigenvalue weighted by atomic mass is 35.5. The number of hydrogen-bond acceptors (Lipinski definition) is 4. The molecule has 28 heavy (non-hydrogen) atoms. The Balaban J connectivity index is 1.71. The molecule has 1 heterocycles. The maximum absolute atomic E-state index is 11.1. The molecule has 0 spiro atoms. The van der Waals surface area contributed by atoms with Crippen molar-refractivity contribution in [2.45, 2.75) is 20.4 Å². The third-order valence-corrected chi connectivity index (χ3v) is 4.82. The van der Waals surface area contributed by atoms with Gasteiger partial charge in [0.05, 0.1) is 28.0 Å². The van der Waals surface area contributed by atoms with E-state index in [1.807, 2.05) is 43.3 Å². The monoisotopic (exact) mass is 415 g/mol. The van der Waals surface area contributed by atoms with Gasteiger partial charge in [-0.2, -0.15) is 0 Å². The molecule has 3 rings (SSSR count). The predicted molar refractivity (Wildman–Crippen MR) is 114 cm³/mol. The standard InChI is InChI=1S/C20H19Cl2N5O/c1-12(23-16-5-7-17(8-6-16)24-14(3)28)20-13(2)27(26-25-20)11-15-4-9-18(21)19(22)10-15/h4-10,23H,1,11H2,2-3H3,(H,24,28). The number of carbonyl (C=O) groups excluding carboxylic acids is 1. The maximum Gasteiger partial charge on any atom is 0.221 e. The first kappa shape index (κ1) is 19.9. The van der Waals surface area contributed by atoms with Crippen molar-refractivity contribution in [3.63, 3.8) is 0 Å². The Bertz CT molecular complexity index is 1030. The van der Waals surface area contributed by atoms with E-state index in [9.17, 15) is 4.79 Å². The molecule has 0 saturated heterocycles. The second-order valence-electron chi connectivity index (χ2n) is 6.29. The van der Waals surface area contributed by atoms with Gasteiger partial charge >= 0.3 is 0 Å². The fourth-order valence-corrected chi connectivity index (χ4v) is 2.99. The van der Waals surface area contributed by atoms with Gasteiger partial charge in [0.25, 0.3) is 0 Å². The summed E-state index contributed by atoms with van der Waals surface area (Å²) >= 11 is 12.0. The zero-order valence-electron chi connectivity index (χ0n) is 15.5. The third kappa shape index (κ3) is 4.71. The Labute approximate surface area is 173 Å². The highest BCUT2D eigenvalue weighted by molar-refractivity contribution is 6.42. The zero-order valence-corrected chi connectivity index (χ0v) is 17.0. The predicted octanol–water partition coefficient (Wildman–Crippen LogP) is 4.98. The van der Waals surface area contributed by atoms with Crippen LogP contribution in [0.25, 0.3) is 5.70 Å². The Morgan fingerprint density at radius 3 is 2.32 bits per heavy atom. The molecule has 0 fully saturated rings. The second-order valence-corrected chi connectivity index (χ2v) is 7.11. The minimum absolute atomic E-state index is 0.112. The van der Waals surface area contributed by atoms with Crippen molar-refractivity contribution in [1.29, 1.82) is 0 Å². The first-order valence-corrected chi connectivity index (χ1v) is 9.27. The lowest BCUT2D eigenvalue weighted by molar-refractivity contribution is -0.114. The van der Waals surface area contributed by atoms with Gasteiger partial charge in [-0.25, -0.2) is 4.68 Å². The normalized spacial score (nSPS) is 10.6. The van der Waals surface area contributed by atoms with Crippen molar-refractivity contribution in [3.8, 4) is 0 Å². The number of hydrogen-bond donors (Lipinski definition) is 2. The van der Waals surface area contributed by atoms with E-state index in [1.165, 1.54) is 6.92 Å². The number of amides is 1. The van der Waals surface area contributed by atoms with Crippen LogP contribution in [0.4, 0.5) is 11.4 Å². The maximum atomic E-state index is 11.1. The van der Waals surface area contributed by atoms with Crippen molar-refractivity contribution in [2.75, 3.05) is 10.6 Å². The molecule has 0 aliphatic carbocycles. The van der Waals surface area contributed by atoms with Crippen LogP contribution in [0.2, 0.25) is 10.0 Å². The lowest BCUT2D eigenvalue weighted by Gasteiger charge is -2.10. The summed E-state index contributed by atoms with van der Waals surface area (Å²) in [6.07, 6.45) is 0. The molecule has 0 aliphatic rings. The summed E-state index contributed by atoms with van der Waals surface area (Å²) in [5, 5.41) is 15.4. The van der Waals surface area contributed by atoms with Gasteiger partial charge in [0.2, 0.25) is 5.91 Å². The summed E-state index contributed by atoms with van der Waals surface area (Å²) in [5.74, 6) is -0.112. The van der Waals surface area contributed by atoms with E-state index in [0.29, 0.717) is 28.0 Å². The molecule has 0 aliphatic heterocycles. The molecule has 3 aromatic rings.